The van der Waals surface area contributed by atoms with Crippen molar-refractivity contribution in [3.8, 4) is 0 Å². The van der Waals surface area contributed by atoms with Crippen molar-refractivity contribution in [3.05, 3.63) is 0 Å². The van der Waals surface area contributed by atoms with Crippen LogP contribution in [0.25, 0.3) is 0 Å². The molecule has 1 atom stereocenters. The van der Waals surface area contributed by atoms with Crippen molar-refractivity contribution in [1.82, 2.24) is 8.61 Å². The van der Waals surface area contributed by atoms with Crippen molar-refractivity contribution in [2.24, 2.45) is 11.5 Å². The van der Waals surface area contributed by atoms with Crippen LogP contribution in [0.4, 0.5) is 0 Å². The van der Waals surface area contributed by atoms with E-state index in [-0.39, 0.29) is 0 Å². The van der Waals surface area contributed by atoms with E-state index in [1.54, 1.807) is 0 Å². The van der Waals surface area contributed by atoms with Gasteiger partial charge in [0.2, 0.25) is 5.91 Å². The second-order valence-corrected chi connectivity index (χ2v) is 6.13. The molecular formula is C9H20N4O3S. The molecular weight excluding hydrogens is 244 g/mol. The van der Waals surface area contributed by atoms with Gasteiger partial charge in [-0.2, -0.15) is 17.0 Å². The van der Waals surface area contributed by atoms with Crippen LogP contribution in [0.1, 0.15) is 19.3 Å². The summed E-state index contributed by atoms with van der Waals surface area (Å²) in [4.78, 5) is 11.2. The maximum atomic E-state index is 12.2. The molecule has 0 aromatic carbocycles. The molecule has 1 unspecified atom stereocenters. The number of amides is 1. The molecule has 1 heterocycles. The highest BCUT2D eigenvalue weighted by molar-refractivity contribution is 7.86. The summed E-state index contributed by atoms with van der Waals surface area (Å²) in [5.74, 6) is -0.585. The van der Waals surface area contributed by atoms with E-state index >= 15 is 0 Å². The highest BCUT2D eigenvalue weighted by Crippen LogP contribution is 2.22. The zero-order valence-corrected chi connectivity index (χ0v) is 10.8. The Kier molecular flexibility index (Phi) is 4.87. The third-order valence-corrected chi connectivity index (χ3v) is 4.90. The Hall–Kier alpha value is -0.700. The minimum atomic E-state index is -3.59. The largest absolute Gasteiger partial charge is 0.368 e. The average molecular weight is 264 g/mol. The lowest BCUT2D eigenvalue weighted by molar-refractivity contribution is -0.121. The van der Waals surface area contributed by atoms with Crippen LogP contribution in [-0.4, -0.2) is 55.7 Å². The topological polar surface area (TPSA) is 110 Å². The summed E-state index contributed by atoms with van der Waals surface area (Å²) in [6, 6.07) is -0.708. The van der Waals surface area contributed by atoms with Crippen molar-refractivity contribution in [2.45, 2.75) is 25.3 Å². The van der Waals surface area contributed by atoms with Gasteiger partial charge >= 0.3 is 0 Å². The summed E-state index contributed by atoms with van der Waals surface area (Å²) in [5.41, 5.74) is 10.5. The molecule has 1 fully saturated rings. The number of carbonyl (C=O) groups excluding carboxylic acids is 1. The Morgan fingerprint density at radius 2 is 2.18 bits per heavy atom. The summed E-state index contributed by atoms with van der Waals surface area (Å²) in [6.45, 7) is 1.13. The fraction of sp³-hybridized carbons (Fsp3) is 0.889. The lowest BCUT2D eigenvalue weighted by Crippen LogP contribution is -2.49. The summed E-state index contributed by atoms with van der Waals surface area (Å²) in [5, 5.41) is 0. The maximum Gasteiger partial charge on any atom is 0.282 e. The van der Waals surface area contributed by atoms with Gasteiger partial charge < -0.3 is 11.5 Å². The van der Waals surface area contributed by atoms with Crippen LogP contribution in [-0.2, 0) is 15.0 Å². The fourth-order valence-electron chi connectivity index (χ4n) is 1.91. The van der Waals surface area contributed by atoms with Crippen LogP contribution in [0.3, 0.4) is 0 Å². The van der Waals surface area contributed by atoms with Gasteiger partial charge in [-0.05, 0) is 25.8 Å². The predicted molar refractivity (Wildman–Crippen MR) is 64.1 cm³/mol. The number of nitrogens with zero attached hydrogens (tertiary/aromatic N) is 2. The third-order valence-electron chi connectivity index (χ3n) is 2.90. The number of rotatable bonds is 6. The van der Waals surface area contributed by atoms with Crippen molar-refractivity contribution < 1.29 is 13.2 Å². The van der Waals surface area contributed by atoms with Gasteiger partial charge in [0.1, 0.15) is 6.04 Å². The van der Waals surface area contributed by atoms with Crippen LogP contribution in [0.5, 0.6) is 0 Å². The summed E-state index contributed by atoms with van der Waals surface area (Å²) < 4.78 is 26.7. The zero-order chi connectivity index (χ0) is 13.1. The Morgan fingerprint density at radius 1 is 1.53 bits per heavy atom. The number of carbonyl (C=O) groups is 1. The molecule has 4 N–H and O–H groups in total. The summed E-state index contributed by atoms with van der Waals surface area (Å²) >= 11 is 0. The molecule has 17 heavy (non-hydrogen) atoms. The van der Waals surface area contributed by atoms with E-state index in [0.717, 1.165) is 0 Å². The lowest BCUT2D eigenvalue weighted by Gasteiger charge is -2.27. The van der Waals surface area contributed by atoms with Gasteiger partial charge in [0.15, 0.2) is 0 Å². The molecule has 0 saturated carbocycles. The molecule has 0 aliphatic carbocycles. The van der Waals surface area contributed by atoms with Crippen LogP contribution in [0.15, 0.2) is 0 Å². The number of hydrogen-bond donors (Lipinski definition) is 2. The molecule has 0 radical (unpaired) electrons. The SMILES string of the molecule is CN(CCCN)S(=O)(=O)N1CCCC1C(N)=O. The van der Waals surface area contributed by atoms with Gasteiger partial charge in [0.05, 0.1) is 0 Å². The molecule has 0 spiro atoms. The van der Waals surface area contributed by atoms with E-state index in [4.69, 9.17) is 11.5 Å². The molecule has 0 aromatic heterocycles. The van der Waals surface area contributed by atoms with Crippen molar-refractivity contribution in [1.29, 1.82) is 0 Å². The van der Waals surface area contributed by atoms with E-state index in [9.17, 15) is 13.2 Å². The highest BCUT2D eigenvalue weighted by Gasteiger charge is 2.39. The van der Waals surface area contributed by atoms with E-state index < -0.39 is 22.2 Å². The number of hydrogen-bond acceptors (Lipinski definition) is 4. The molecule has 100 valence electrons. The highest BCUT2D eigenvalue weighted by atomic mass is 32.2. The van der Waals surface area contributed by atoms with E-state index in [2.05, 4.69) is 0 Å². The molecule has 1 saturated heterocycles. The first-order chi connectivity index (χ1) is 7.91. The summed E-state index contributed by atoms with van der Waals surface area (Å²) in [6.07, 6.45) is 1.75. The lowest BCUT2D eigenvalue weighted by atomic mass is 10.2. The summed E-state index contributed by atoms with van der Waals surface area (Å²) in [7, 11) is -2.11. The Labute approximate surface area is 102 Å². The second kappa shape index (κ2) is 5.76. The number of primary amides is 1. The first kappa shape index (κ1) is 14.4. The van der Waals surface area contributed by atoms with Crippen LogP contribution in [0, 0.1) is 0 Å². The van der Waals surface area contributed by atoms with Gasteiger partial charge in [-0.15, -0.1) is 0 Å². The standard InChI is InChI=1S/C9H20N4O3S/c1-12(6-3-5-10)17(15,16)13-7-2-4-8(13)9(11)14/h8H,2-7,10H2,1H3,(H2,11,14). The Morgan fingerprint density at radius 3 is 2.71 bits per heavy atom. The first-order valence-electron chi connectivity index (χ1n) is 5.63. The molecule has 0 bridgehead atoms. The van der Waals surface area contributed by atoms with Gasteiger partial charge in [-0.1, -0.05) is 0 Å². The molecule has 7 nitrogen and oxygen atoms in total. The van der Waals surface area contributed by atoms with Crippen molar-refractivity contribution in [2.75, 3.05) is 26.7 Å². The smallest absolute Gasteiger partial charge is 0.282 e. The van der Waals surface area contributed by atoms with Gasteiger partial charge in [0.25, 0.3) is 10.2 Å². The number of nitrogens with two attached hydrogens (primary N) is 2. The van der Waals surface area contributed by atoms with Crippen LogP contribution in [0.2, 0.25) is 0 Å². The van der Waals surface area contributed by atoms with Crippen molar-refractivity contribution >= 4 is 16.1 Å². The minimum Gasteiger partial charge on any atom is -0.368 e. The minimum absolute atomic E-state index is 0.348. The van der Waals surface area contributed by atoms with Gasteiger partial charge in [-0.3, -0.25) is 4.79 Å². The Balaban J connectivity index is 2.78. The maximum absolute atomic E-state index is 12.2. The van der Waals surface area contributed by atoms with E-state index in [1.807, 2.05) is 0 Å². The van der Waals surface area contributed by atoms with Crippen LogP contribution < -0.4 is 11.5 Å². The quantitative estimate of drug-likeness (QED) is 0.606. The molecule has 8 heteroatoms. The van der Waals surface area contributed by atoms with Crippen molar-refractivity contribution in [3.63, 3.8) is 0 Å². The van der Waals surface area contributed by atoms with E-state index in [0.29, 0.717) is 38.9 Å². The first-order valence-corrected chi connectivity index (χ1v) is 7.03. The molecule has 1 aliphatic heterocycles. The van der Waals surface area contributed by atoms with Gasteiger partial charge in [-0.25, -0.2) is 0 Å². The van der Waals surface area contributed by atoms with Gasteiger partial charge in [0, 0.05) is 20.1 Å². The average Bonchev–Trinajstić information content (AvgIpc) is 2.75. The third kappa shape index (κ3) is 3.15. The molecule has 0 aromatic rings. The zero-order valence-electron chi connectivity index (χ0n) is 10.0. The predicted octanol–water partition coefficient (Wildman–Crippen LogP) is -1.54. The second-order valence-electron chi connectivity index (χ2n) is 4.14. The molecule has 1 rings (SSSR count). The van der Waals surface area contributed by atoms with Crippen LogP contribution >= 0.6 is 0 Å². The molecule has 1 aliphatic rings. The van der Waals surface area contributed by atoms with E-state index in [1.165, 1.54) is 15.7 Å². The monoisotopic (exact) mass is 264 g/mol. The fourth-order valence-corrected chi connectivity index (χ4v) is 3.52. The molecule has 1 amide bonds. The Bertz CT molecular complexity index is 370. The normalized spacial score (nSPS) is 22.2.